The van der Waals surface area contributed by atoms with E-state index in [-0.39, 0.29) is 17.0 Å². The van der Waals surface area contributed by atoms with Crippen molar-refractivity contribution in [3.05, 3.63) is 17.8 Å². The lowest BCUT2D eigenvalue weighted by Gasteiger charge is -2.29. The average molecular weight is 296 g/mol. The lowest BCUT2D eigenvalue weighted by atomic mass is 9.95. The van der Waals surface area contributed by atoms with Gasteiger partial charge in [-0.15, -0.1) is 10.2 Å². The molecule has 1 saturated carbocycles. The Morgan fingerprint density at radius 1 is 1.45 bits per heavy atom. The maximum absolute atomic E-state index is 11.9. The van der Waals surface area contributed by atoms with Gasteiger partial charge in [-0.25, -0.2) is 0 Å². The molecule has 7 heteroatoms. The zero-order valence-corrected chi connectivity index (χ0v) is 12.4. The quantitative estimate of drug-likeness (QED) is 0.847. The monoisotopic (exact) mass is 296 g/mol. The lowest BCUT2D eigenvalue weighted by Crippen LogP contribution is -2.33. The van der Waals surface area contributed by atoms with Crippen LogP contribution in [0.5, 0.6) is 0 Å². The Labute approximate surface area is 121 Å². The molecule has 1 aromatic heterocycles. The number of nitrogens with zero attached hydrogens (tertiary/aromatic N) is 2. The van der Waals surface area contributed by atoms with Gasteiger partial charge < -0.3 is 11.1 Å². The Balaban J connectivity index is 1.95. The maximum Gasteiger partial charge on any atom is 0.269 e. The summed E-state index contributed by atoms with van der Waals surface area (Å²) in [4.78, 5) is 10.9. The molecule has 1 heterocycles. The summed E-state index contributed by atoms with van der Waals surface area (Å²) < 4.78 is 11.9. The van der Waals surface area contributed by atoms with E-state index in [1.54, 1.807) is 12.1 Å². The summed E-state index contributed by atoms with van der Waals surface area (Å²) in [5, 5.41) is 11.3. The highest BCUT2D eigenvalue weighted by atomic mass is 32.2. The van der Waals surface area contributed by atoms with Gasteiger partial charge in [-0.05, 0) is 31.4 Å². The van der Waals surface area contributed by atoms with Crippen LogP contribution in [0.4, 0.5) is 5.82 Å². The van der Waals surface area contributed by atoms with Crippen molar-refractivity contribution in [2.45, 2.75) is 43.9 Å². The smallest absolute Gasteiger partial charge is 0.269 e. The molecule has 1 aliphatic carbocycles. The molecule has 3 N–H and O–H groups in total. The SMILES string of the molecule is CCS(=O)C1CCCC(Nc2ccc(C(N)=O)nn2)C1. The van der Waals surface area contributed by atoms with Crippen LogP contribution < -0.4 is 11.1 Å². The standard InChI is InChI=1S/C13H20N4O2S/c1-2-20(19)10-5-3-4-9(8-10)15-12-7-6-11(13(14)18)16-17-12/h6-7,9-10H,2-5,8H2,1H3,(H2,14,18)(H,15,17). The van der Waals surface area contributed by atoms with Gasteiger partial charge in [0.1, 0.15) is 5.82 Å². The van der Waals surface area contributed by atoms with Crippen molar-refractivity contribution < 1.29 is 9.00 Å². The van der Waals surface area contributed by atoms with Gasteiger partial charge in [-0.3, -0.25) is 9.00 Å². The fourth-order valence-electron chi connectivity index (χ4n) is 2.50. The normalized spacial score (nSPS) is 24.1. The first-order valence-electron chi connectivity index (χ1n) is 6.87. The third-order valence-corrected chi connectivity index (χ3v) is 5.29. The summed E-state index contributed by atoms with van der Waals surface area (Å²) in [6.45, 7) is 1.96. The second-order valence-corrected chi connectivity index (χ2v) is 6.97. The molecule has 6 nitrogen and oxygen atoms in total. The fraction of sp³-hybridized carbons (Fsp3) is 0.615. The zero-order valence-electron chi connectivity index (χ0n) is 11.5. The molecular formula is C13H20N4O2S. The highest BCUT2D eigenvalue weighted by Gasteiger charge is 2.25. The second kappa shape index (κ2) is 6.78. The topological polar surface area (TPSA) is 98.0 Å². The van der Waals surface area contributed by atoms with Crippen LogP contribution in [0.2, 0.25) is 0 Å². The summed E-state index contributed by atoms with van der Waals surface area (Å²) in [6, 6.07) is 3.52. The molecule has 0 radical (unpaired) electrons. The molecule has 3 atom stereocenters. The lowest BCUT2D eigenvalue weighted by molar-refractivity contribution is 0.0994. The first-order valence-corrected chi connectivity index (χ1v) is 8.25. The number of amides is 1. The number of anilines is 1. The highest BCUT2D eigenvalue weighted by Crippen LogP contribution is 2.25. The van der Waals surface area contributed by atoms with Crippen molar-refractivity contribution in [3.63, 3.8) is 0 Å². The minimum atomic E-state index is -0.739. The molecule has 1 aliphatic rings. The van der Waals surface area contributed by atoms with Crippen LogP contribution in [-0.2, 0) is 10.8 Å². The van der Waals surface area contributed by atoms with E-state index in [4.69, 9.17) is 5.73 Å². The number of aromatic nitrogens is 2. The van der Waals surface area contributed by atoms with E-state index in [0.717, 1.165) is 25.7 Å². The third-order valence-electron chi connectivity index (χ3n) is 3.55. The summed E-state index contributed by atoms with van der Waals surface area (Å²) in [5.41, 5.74) is 5.28. The largest absolute Gasteiger partial charge is 0.366 e. The predicted octanol–water partition coefficient (Wildman–Crippen LogP) is 1.07. The molecule has 3 unspecified atom stereocenters. The molecule has 2 rings (SSSR count). The molecule has 1 fully saturated rings. The molecule has 1 aromatic rings. The number of hydrogen-bond acceptors (Lipinski definition) is 5. The van der Waals surface area contributed by atoms with Crippen molar-refractivity contribution in [2.24, 2.45) is 5.73 Å². The van der Waals surface area contributed by atoms with Gasteiger partial charge in [-0.2, -0.15) is 0 Å². The number of primary amides is 1. The van der Waals surface area contributed by atoms with Crippen molar-refractivity contribution in [3.8, 4) is 0 Å². The van der Waals surface area contributed by atoms with Crippen LogP contribution in [-0.4, -0.2) is 37.4 Å². The van der Waals surface area contributed by atoms with Crippen LogP contribution in [0.3, 0.4) is 0 Å². The summed E-state index contributed by atoms with van der Waals surface area (Å²) in [7, 11) is -0.739. The average Bonchev–Trinajstić information content (AvgIpc) is 2.47. The second-order valence-electron chi connectivity index (χ2n) is 4.97. The third kappa shape index (κ3) is 3.75. The van der Waals surface area contributed by atoms with Crippen molar-refractivity contribution in [2.75, 3.05) is 11.1 Å². The minimum absolute atomic E-state index is 0.157. The van der Waals surface area contributed by atoms with Gasteiger partial charge in [0.25, 0.3) is 5.91 Å². The summed E-state index contributed by atoms with van der Waals surface area (Å²) in [5.74, 6) is 0.757. The number of nitrogens with two attached hydrogens (primary N) is 1. The van der Waals surface area contributed by atoms with E-state index in [1.807, 2.05) is 6.92 Å². The van der Waals surface area contributed by atoms with Gasteiger partial charge in [0.15, 0.2) is 5.69 Å². The Morgan fingerprint density at radius 2 is 2.25 bits per heavy atom. The first-order chi connectivity index (χ1) is 9.60. The first kappa shape index (κ1) is 14.9. The number of carbonyl (C=O) groups is 1. The molecule has 110 valence electrons. The van der Waals surface area contributed by atoms with Crippen LogP contribution >= 0.6 is 0 Å². The van der Waals surface area contributed by atoms with Gasteiger partial charge in [0.2, 0.25) is 0 Å². The zero-order chi connectivity index (χ0) is 14.5. The van der Waals surface area contributed by atoms with Crippen molar-refractivity contribution in [1.29, 1.82) is 0 Å². The molecule has 1 amide bonds. The number of carbonyl (C=O) groups excluding carboxylic acids is 1. The number of rotatable bonds is 5. The van der Waals surface area contributed by atoms with Crippen LogP contribution in [0.25, 0.3) is 0 Å². The van der Waals surface area contributed by atoms with Gasteiger partial charge in [0, 0.05) is 27.8 Å². The van der Waals surface area contributed by atoms with E-state index < -0.39 is 16.7 Å². The Hall–Kier alpha value is -1.50. The molecule has 20 heavy (non-hydrogen) atoms. The van der Waals surface area contributed by atoms with E-state index in [0.29, 0.717) is 11.6 Å². The summed E-state index contributed by atoms with van der Waals surface area (Å²) in [6.07, 6.45) is 4.03. The molecular weight excluding hydrogens is 276 g/mol. The predicted molar refractivity (Wildman–Crippen MR) is 78.9 cm³/mol. The van der Waals surface area contributed by atoms with Gasteiger partial charge >= 0.3 is 0 Å². The summed E-state index contributed by atoms with van der Waals surface area (Å²) >= 11 is 0. The molecule has 0 aliphatic heterocycles. The Morgan fingerprint density at radius 3 is 2.85 bits per heavy atom. The fourth-order valence-corrected chi connectivity index (χ4v) is 3.85. The van der Waals surface area contributed by atoms with Gasteiger partial charge in [0.05, 0.1) is 0 Å². The van der Waals surface area contributed by atoms with E-state index in [2.05, 4.69) is 15.5 Å². The van der Waals surface area contributed by atoms with Crippen LogP contribution in [0, 0.1) is 0 Å². The molecule has 0 bridgehead atoms. The molecule has 0 saturated heterocycles. The van der Waals surface area contributed by atoms with Gasteiger partial charge in [-0.1, -0.05) is 13.3 Å². The van der Waals surface area contributed by atoms with E-state index in [1.165, 1.54) is 0 Å². The number of hydrogen-bond donors (Lipinski definition) is 2. The number of nitrogens with one attached hydrogen (secondary N) is 1. The van der Waals surface area contributed by atoms with E-state index in [9.17, 15) is 9.00 Å². The molecule has 0 aromatic carbocycles. The molecule has 0 spiro atoms. The maximum atomic E-state index is 11.9. The van der Waals surface area contributed by atoms with Crippen molar-refractivity contribution in [1.82, 2.24) is 10.2 Å². The Bertz CT molecular complexity index is 492. The van der Waals surface area contributed by atoms with Crippen LogP contribution in [0.15, 0.2) is 12.1 Å². The highest BCUT2D eigenvalue weighted by molar-refractivity contribution is 7.85. The van der Waals surface area contributed by atoms with Crippen molar-refractivity contribution >= 4 is 22.5 Å². The Kier molecular flexibility index (Phi) is 5.05. The van der Waals surface area contributed by atoms with Crippen LogP contribution in [0.1, 0.15) is 43.1 Å². The minimum Gasteiger partial charge on any atom is -0.366 e. The van der Waals surface area contributed by atoms with E-state index >= 15 is 0 Å².